The Morgan fingerprint density at radius 3 is 2.58 bits per heavy atom. The van der Waals surface area contributed by atoms with Crippen LogP contribution in [0.15, 0.2) is 53.9 Å². The molecule has 0 aliphatic heterocycles. The topological polar surface area (TPSA) is 101 Å². The number of para-hydroxylation sites is 1. The molecule has 1 heterocycles. The number of aromatic nitrogens is 1. The lowest BCUT2D eigenvalue weighted by atomic mass is 10.1. The van der Waals surface area contributed by atoms with Crippen LogP contribution in [-0.4, -0.2) is 21.9 Å². The number of hydrogen-bond acceptors (Lipinski definition) is 4. The first kappa shape index (κ1) is 12.6. The third kappa shape index (κ3) is 2.86. The van der Waals surface area contributed by atoms with E-state index >= 15 is 0 Å². The van der Waals surface area contributed by atoms with E-state index in [1.54, 1.807) is 36.4 Å². The minimum absolute atomic E-state index is 0.0642. The highest BCUT2D eigenvalue weighted by Crippen LogP contribution is 2.15. The van der Waals surface area contributed by atoms with Crippen LogP contribution in [0.4, 0.5) is 5.69 Å². The van der Waals surface area contributed by atoms with Gasteiger partial charge in [0.1, 0.15) is 0 Å². The van der Waals surface area contributed by atoms with E-state index in [0.29, 0.717) is 16.8 Å². The van der Waals surface area contributed by atoms with Crippen molar-refractivity contribution < 1.29 is 10.0 Å². The van der Waals surface area contributed by atoms with E-state index in [1.165, 1.54) is 12.4 Å². The monoisotopic (exact) mass is 256 g/mol. The predicted octanol–water partition coefficient (Wildman–Crippen LogP) is 1.43. The molecule has 0 fully saturated rings. The summed E-state index contributed by atoms with van der Waals surface area (Å²) in [7, 11) is 0. The van der Waals surface area contributed by atoms with Crippen LogP contribution in [-0.2, 0) is 0 Å². The fourth-order valence-corrected chi connectivity index (χ4v) is 1.57. The average Bonchev–Trinajstić information content (AvgIpc) is 2.48. The summed E-state index contributed by atoms with van der Waals surface area (Å²) in [4.78, 5) is 15.8. The molecule has 0 spiro atoms. The van der Waals surface area contributed by atoms with E-state index in [0.717, 1.165) is 0 Å². The first-order valence-corrected chi connectivity index (χ1v) is 5.50. The summed E-state index contributed by atoms with van der Waals surface area (Å²) in [6.45, 7) is 0. The van der Waals surface area contributed by atoms with Gasteiger partial charge in [-0.05, 0) is 24.3 Å². The molecule has 4 N–H and O–H groups in total. The Morgan fingerprint density at radius 1 is 1.21 bits per heavy atom. The fraction of sp³-hybridized carbons (Fsp3) is 0. The number of amides is 1. The van der Waals surface area contributed by atoms with Crippen molar-refractivity contribution in [1.82, 2.24) is 4.98 Å². The molecule has 0 bridgehead atoms. The van der Waals surface area contributed by atoms with Gasteiger partial charge < -0.3 is 16.3 Å². The van der Waals surface area contributed by atoms with Crippen molar-refractivity contribution in [1.29, 1.82) is 0 Å². The zero-order valence-electron chi connectivity index (χ0n) is 9.95. The van der Waals surface area contributed by atoms with E-state index in [4.69, 9.17) is 10.9 Å². The number of hydrogen-bond donors (Lipinski definition) is 3. The molecular weight excluding hydrogens is 244 g/mol. The molecule has 6 heteroatoms. The molecule has 0 saturated carbocycles. The Bertz CT molecular complexity index is 611. The lowest BCUT2D eigenvalue weighted by molar-refractivity contribution is 0.102. The Morgan fingerprint density at radius 2 is 1.89 bits per heavy atom. The van der Waals surface area contributed by atoms with Crippen LogP contribution >= 0.6 is 0 Å². The van der Waals surface area contributed by atoms with Crippen molar-refractivity contribution in [2.24, 2.45) is 10.9 Å². The molecule has 0 radical (unpaired) electrons. The summed E-state index contributed by atoms with van der Waals surface area (Å²) < 4.78 is 0. The zero-order valence-corrected chi connectivity index (χ0v) is 9.95. The van der Waals surface area contributed by atoms with Gasteiger partial charge in [0, 0.05) is 23.5 Å². The summed E-state index contributed by atoms with van der Waals surface area (Å²) in [5.74, 6) is -0.355. The minimum Gasteiger partial charge on any atom is -0.409 e. The van der Waals surface area contributed by atoms with Gasteiger partial charge in [-0.3, -0.25) is 9.78 Å². The van der Waals surface area contributed by atoms with Gasteiger partial charge in [-0.1, -0.05) is 17.3 Å². The van der Waals surface area contributed by atoms with Gasteiger partial charge in [0.15, 0.2) is 5.84 Å². The number of carbonyl (C=O) groups is 1. The number of nitrogens with one attached hydrogen (secondary N) is 1. The van der Waals surface area contributed by atoms with Crippen LogP contribution in [0.25, 0.3) is 0 Å². The predicted molar refractivity (Wildman–Crippen MR) is 71.1 cm³/mol. The normalized spacial score (nSPS) is 11.1. The molecule has 0 unspecified atom stereocenters. The second kappa shape index (κ2) is 5.63. The second-order valence-electron chi connectivity index (χ2n) is 3.72. The Labute approximate surface area is 109 Å². The van der Waals surface area contributed by atoms with Crippen LogP contribution in [0.2, 0.25) is 0 Å². The molecule has 1 aromatic heterocycles. The van der Waals surface area contributed by atoms with Crippen molar-refractivity contribution >= 4 is 17.4 Å². The van der Waals surface area contributed by atoms with Crippen LogP contribution in [0, 0.1) is 0 Å². The Kier molecular flexibility index (Phi) is 3.72. The summed E-state index contributed by atoms with van der Waals surface area (Å²) >= 11 is 0. The largest absolute Gasteiger partial charge is 0.409 e. The smallest absolute Gasteiger partial charge is 0.255 e. The number of carbonyl (C=O) groups excluding carboxylic acids is 1. The van der Waals surface area contributed by atoms with Crippen LogP contribution in [0.1, 0.15) is 15.9 Å². The van der Waals surface area contributed by atoms with Gasteiger partial charge in [0.05, 0.1) is 5.69 Å². The van der Waals surface area contributed by atoms with E-state index in [9.17, 15) is 4.79 Å². The molecular formula is C13H12N4O2. The average molecular weight is 256 g/mol. The summed E-state index contributed by atoms with van der Waals surface area (Å²) in [5.41, 5.74) is 6.95. The van der Waals surface area contributed by atoms with E-state index in [2.05, 4.69) is 15.5 Å². The Hall–Kier alpha value is -2.89. The van der Waals surface area contributed by atoms with Crippen molar-refractivity contribution in [3.05, 3.63) is 59.9 Å². The molecule has 2 aromatic rings. The van der Waals surface area contributed by atoms with E-state index < -0.39 is 0 Å². The maximum Gasteiger partial charge on any atom is 0.255 e. The highest BCUT2D eigenvalue weighted by Gasteiger charge is 2.10. The standard InChI is InChI=1S/C13H12N4O2/c14-12(17-19)10-3-1-2-4-11(10)16-13(18)9-5-7-15-8-6-9/h1-8,19H,(H2,14,17)(H,16,18). The highest BCUT2D eigenvalue weighted by molar-refractivity contribution is 6.09. The number of benzene rings is 1. The fourth-order valence-electron chi connectivity index (χ4n) is 1.57. The first-order valence-electron chi connectivity index (χ1n) is 5.50. The molecule has 2 rings (SSSR count). The molecule has 1 aromatic carbocycles. The third-order valence-corrected chi connectivity index (χ3v) is 2.50. The molecule has 0 atom stereocenters. The zero-order chi connectivity index (χ0) is 13.7. The van der Waals surface area contributed by atoms with Crippen LogP contribution in [0.3, 0.4) is 0 Å². The molecule has 6 nitrogen and oxygen atoms in total. The van der Waals surface area contributed by atoms with Gasteiger partial charge >= 0.3 is 0 Å². The minimum atomic E-state index is -0.291. The molecule has 0 saturated heterocycles. The van der Waals surface area contributed by atoms with Gasteiger partial charge in [0.2, 0.25) is 0 Å². The SMILES string of the molecule is N/C(=N/O)c1ccccc1NC(=O)c1ccncc1. The molecule has 0 aliphatic rings. The van der Waals surface area contributed by atoms with Gasteiger partial charge in [-0.25, -0.2) is 0 Å². The number of pyridine rings is 1. The summed E-state index contributed by atoms with van der Waals surface area (Å²) in [6, 6.07) is 10.00. The van der Waals surface area contributed by atoms with E-state index in [1.807, 2.05) is 0 Å². The highest BCUT2D eigenvalue weighted by atomic mass is 16.4. The molecule has 19 heavy (non-hydrogen) atoms. The van der Waals surface area contributed by atoms with Gasteiger partial charge in [0.25, 0.3) is 5.91 Å². The number of rotatable bonds is 3. The number of amidine groups is 1. The lowest BCUT2D eigenvalue weighted by Gasteiger charge is -2.09. The van der Waals surface area contributed by atoms with Crippen molar-refractivity contribution in [3.63, 3.8) is 0 Å². The lowest BCUT2D eigenvalue weighted by Crippen LogP contribution is -2.19. The number of nitrogens with two attached hydrogens (primary N) is 1. The third-order valence-electron chi connectivity index (χ3n) is 2.50. The summed E-state index contributed by atoms with van der Waals surface area (Å²) in [5, 5.41) is 14.3. The first-order chi connectivity index (χ1) is 9.22. The second-order valence-corrected chi connectivity index (χ2v) is 3.72. The number of anilines is 1. The quantitative estimate of drug-likeness (QED) is 0.334. The van der Waals surface area contributed by atoms with Gasteiger partial charge in [-0.2, -0.15) is 0 Å². The number of oxime groups is 1. The van der Waals surface area contributed by atoms with Crippen LogP contribution < -0.4 is 11.1 Å². The Balaban J connectivity index is 2.27. The summed E-state index contributed by atoms with van der Waals surface area (Å²) in [6.07, 6.45) is 3.06. The van der Waals surface area contributed by atoms with Gasteiger partial charge in [-0.15, -0.1) is 0 Å². The molecule has 96 valence electrons. The van der Waals surface area contributed by atoms with Crippen LogP contribution in [0.5, 0.6) is 0 Å². The number of nitrogens with zero attached hydrogens (tertiary/aromatic N) is 2. The van der Waals surface area contributed by atoms with Crippen molar-refractivity contribution in [3.8, 4) is 0 Å². The van der Waals surface area contributed by atoms with Crippen molar-refractivity contribution in [2.45, 2.75) is 0 Å². The van der Waals surface area contributed by atoms with E-state index in [-0.39, 0.29) is 11.7 Å². The maximum absolute atomic E-state index is 12.0. The molecule has 1 amide bonds. The molecule has 0 aliphatic carbocycles. The van der Waals surface area contributed by atoms with Crippen molar-refractivity contribution in [2.75, 3.05) is 5.32 Å². The maximum atomic E-state index is 12.0.